The van der Waals surface area contributed by atoms with Crippen LogP contribution in [0.1, 0.15) is 23.4 Å². The minimum atomic E-state index is -1.03. The first-order chi connectivity index (χ1) is 8.58. The number of rotatable bonds is 4. The van der Waals surface area contributed by atoms with Crippen LogP contribution in [0.15, 0.2) is 22.7 Å². The largest absolute Gasteiger partial charge is 0.382 e. The second-order valence-corrected chi connectivity index (χ2v) is 3.75. The Hall–Kier alpha value is -1.86. The van der Waals surface area contributed by atoms with E-state index in [9.17, 15) is 13.9 Å². The molecule has 2 rings (SSSR count). The topological polar surface area (TPSA) is 85.2 Å². The fourth-order valence-electron chi connectivity index (χ4n) is 1.47. The summed E-state index contributed by atoms with van der Waals surface area (Å²) in [5, 5.41) is 12.9. The Morgan fingerprint density at radius 3 is 2.56 bits per heavy atom. The van der Waals surface area contributed by atoms with Crippen LogP contribution in [0.25, 0.3) is 0 Å². The summed E-state index contributed by atoms with van der Waals surface area (Å²) in [6, 6.07) is 3.14. The van der Waals surface area contributed by atoms with Crippen LogP contribution in [0.5, 0.6) is 0 Å². The van der Waals surface area contributed by atoms with Gasteiger partial charge in [0.1, 0.15) is 17.7 Å². The number of nitrogens with zero attached hydrogens (tertiary/aromatic N) is 2. The molecule has 7 heteroatoms. The molecule has 0 radical (unpaired) electrons. The minimum absolute atomic E-state index is 0.00984. The van der Waals surface area contributed by atoms with Crippen molar-refractivity contribution in [1.82, 2.24) is 10.1 Å². The lowest BCUT2D eigenvalue weighted by atomic mass is 10.1. The van der Waals surface area contributed by atoms with Gasteiger partial charge in [-0.25, -0.2) is 8.78 Å². The maximum atomic E-state index is 13.0. The van der Waals surface area contributed by atoms with E-state index in [1.807, 2.05) is 0 Å². The molecule has 0 aliphatic rings. The van der Waals surface area contributed by atoms with Gasteiger partial charge in [0.25, 0.3) is 5.89 Å². The van der Waals surface area contributed by atoms with Gasteiger partial charge in [-0.15, -0.1) is 0 Å². The standard InChI is InChI=1S/C11H11F2N3O2/c12-7-1-6(2-8(13)4-7)3-10-15-11(18-16-10)9(17)5-14/h1-2,4,9,17H,3,5,14H2/t9-/m0/s1. The maximum Gasteiger partial charge on any atom is 0.256 e. The number of benzene rings is 1. The zero-order valence-corrected chi connectivity index (χ0v) is 9.31. The first-order valence-corrected chi connectivity index (χ1v) is 5.24. The fourth-order valence-corrected chi connectivity index (χ4v) is 1.47. The lowest BCUT2D eigenvalue weighted by molar-refractivity contribution is 0.141. The van der Waals surface area contributed by atoms with Gasteiger partial charge in [-0.3, -0.25) is 0 Å². The van der Waals surface area contributed by atoms with Crippen molar-refractivity contribution in [2.75, 3.05) is 6.54 Å². The van der Waals surface area contributed by atoms with Crippen LogP contribution in [0.3, 0.4) is 0 Å². The van der Waals surface area contributed by atoms with Crippen molar-refractivity contribution in [3.05, 3.63) is 47.1 Å². The molecule has 0 aliphatic carbocycles. The predicted octanol–water partition coefficient (Wildman–Crippen LogP) is 0.931. The Balaban J connectivity index is 2.16. The second-order valence-electron chi connectivity index (χ2n) is 3.75. The summed E-state index contributed by atoms with van der Waals surface area (Å²) in [6.45, 7) is -0.0454. The van der Waals surface area contributed by atoms with E-state index in [4.69, 9.17) is 10.3 Å². The molecule has 0 saturated carbocycles. The first kappa shape index (κ1) is 12.6. The Morgan fingerprint density at radius 1 is 1.28 bits per heavy atom. The summed E-state index contributed by atoms with van der Waals surface area (Å²) in [5.41, 5.74) is 5.61. The van der Waals surface area contributed by atoms with Crippen LogP contribution in [-0.2, 0) is 6.42 Å². The monoisotopic (exact) mass is 255 g/mol. The molecule has 3 N–H and O–H groups in total. The number of aromatic nitrogens is 2. The molecule has 1 heterocycles. The summed E-state index contributed by atoms with van der Waals surface area (Å²) in [5.74, 6) is -1.13. The molecule has 96 valence electrons. The lowest BCUT2D eigenvalue weighted by Gasteiger charge is -1.99. The Morgan fingerprint density at radius 2 is 1.94 bits per heavy atom. The van der Waals surface area contributed by atoms with Gasteiger partial charge in [0.15, 0.2) is 5.82 Å². The molecule has 5 nitrogen and oxygen atoms in total. The Bertz CT molecular complexity index is 525. The Kier molecular flexibility index (Phi) is 3.63. The number of aliphatic hydroxyl groups excluding tert-OH is 1. The van der Waals surface area contributed by atoms with Gasteiger partial charge in [0, 0.05) is 19.0 Å². The Labute approximate surface area is 101 Å². The van der Waals surface area contributed by atoms with Crippen molar-refractivity contribution < 1.29 is 18.4 Å². The van der Waals surface area contributed by atoms with E-state index in [1.165, 1.54) is 12.1 Å². The molecule has 18 heavy (non-hydrogen) atoms. The van der Waals surface area contributed by atoms with Gasteiger partial charge in [-0.1, -0.05) is 5.16 Å². The third kappa shape index (κ3) is 2.88. The van der Waals surface area contributed by atoms with Crippen molar-refractivity contribution in [1.29, 1.82) is 0 Å². The maximum absolute atomic E-state index is 13.0. The third-order valence-electron chi connectivity index (χ3n) is 2.28. The van der Waals surface area contributed by atoms with E-state index in [0.29, 0.717) is 5.56 Å². The zero-order chi connectivity index (χ0) is 13.1. The highest BCUT2D eigenvalue weighted by Gasteiger charge is 2.14. The highest BCUT2D eigenvalue weighted by atomic mass is 19.1. The molecule has 0 fully saturated rings. The normalized spacial score (nSPS) is 12.7. The van der Waals surface area contributed by atoms with Crippen molar-refractivity contribution in [2.45, 2.75) is 12.5 Å². The number of aliphatic hydroxyl groups is 1. The molecular formula is C11H11F2N3O2. The molecule has 0 spiro atoms. The van der Waals surface area contributed by atoms with Crippen molar-refractivity contribution in [3.63, 3.8) is 0 Å². The number of nitrogens with two attached hydrogens (primary N) is 1. The van der Waals surface area contributed by atoms with Crippen molar-refractivity contribution in [3.8, 4) is 0 Å². The highest BCUT2D eigenvalue weighted by Crippen LogP contribution is 2.13. The summed E-state index contributed by atoms with van der Waals surface area (Å²) in [6.07, 6.45) is -0.925. The number of hydrogen-bond donors (Lipinski definition) is 2. The van der Waals surface area contributed by atoms with Crippen LogP contribution in [0.4, 0.5) is 8.78 Å². The molecule has 1 aromatic carbocycles. The van der Waals surface area contributed by atoms with Gasteiger partial charge in [0.2, 0.25) is 0 Å². The number of hydrogen-bond acceptors (Lipinski definition) is 5. The molecule has 0 bridgehead atoms. The smallest absolute Gasteiger partial charge is 0.256 e. The highest BCUT2D eigenvalue weighted by molar-refractivity contribution is 5.21. The quantitative estimate of drug-likeness (QED) is 0.848. The molecular weight excluding hydrogens is 244 g/mol. The van der Waals surface area contributed by atoms with E-state index in [-0.39, 0.29) is 24.7 Å². The van der Waals surface area contributed by atoms with Gasteiger partial charge in [-0.05, 0) is 17.7 Å². The van der Waals surface area contributed by atoms with Gasteiger partial charge in [-0.2, -0.15) is 4.98 Å². The zero-order valence-electron chi connectivity index (χ0n) is 9.31. The molecule has 0 saturated heterocycles. The predicted molar refractivity (Wildman–Crippen MR) is 57.5 cm³/mol. The first-order valence-electron chi connectivity index (χ1n) is 5.24. The van der Waals surface area contributed by atoms with E-state index in [1.54, 1.807) is 0 Å². The summed E-state index contributed by atoms with van der Waals surface area (Å²) >= 11 is 0. The molecule has 0 amide bonds. The van der Waals surface area contributed by atoms with E-state index < -0.39 is 17.7 Å². The van der Waals surface area contributed by atoms with Gasteiger partial charge >= 0.3 is 0 Å². The second kappa shape index (κ2) is 5.19. The van der Waals surface area contributed by atoms with Crippen molar-refractivity contribution in [2.24, 2.45) is 5.73 Å². The van der Waals surface area contributed by atoms with E-state index in [2.05, 4.69) is 10.1 Å². The summed E-state index contributed by atoms with van der Waals surface area (Å²) < 4.78 is 30.7. The van der Waals surface area contributed by atoms with E-state index in [0.717, 1.165) is 6.07 Å². The van der Waals surface area contributed by atoms with Crippen molar-refractivity contribution >= 4 is 0 Å². The minimum Gasteiger partial charge on any atom is -0.382 e. The average molecular weight is 255 g/mol. The summed E-state index contributed by atoms with van der Waals surface area (Å²) in [7, 11) is 0. The molecule has 0 unspecified atom stereocenters. The van der Waals surface area contributed by atoms with Crippen LogP contribution >= 0.6 is 0 Å². The third-order valence-corrected chi connectivity index (χ3v) is 2.28. The fraction of sp³-hybridized carbons (Fsp3) is 0.273. The molecule has 1 aromatic heterocycles. The van der Waals surface area contributed by atoms with Crippen LogP contribution < -0.4 is 5.73 Å². The molecule has 1 atom stereocenters. The van der Waals surface area contributed by atoms with E-state index >= 15 is 0 Å². The average Bonchev–Trinajstić information content (AvgIpc) is 2.75. The van der Waals surface area contributed by atoms with Crippen LogP contribution in [0.2, 0.25) is 0 Å². The van der Waals surface area contributed by atoms with Crippen LogP contribution in [-0.4, -0.2) is 21.8 Å². The SMILES string of the molecule is NC[C@H](O)c1nc(Cc2cc(F)cc(F)c2)no1. The molecule has 2 aromatic rings. The van der Waals surface area contributed by atoms with Gasteiger partial charge in [0.05, 0.1) is 0 Å². The summed E-state index contributed by atoms with van der Waals surface area (Å²) in [4.78, 5) is 3.88. The lowest BCUT2D eigenvalue weighted by Crippen LogP contribution is -2.11. The van der Waals surface area contributed by atoms with Gasteiger partial charge < -0.3 is 15.4 Å². The van der Waals surface area contributed by atoms with Crippen LogP contribution in [0, 0.1) is 11.6 Å². The molecule has 0 aliphatic heterocycles. The number of halogens is 2.